The number of nitrogens with two attached hydrogens (primary N) is 1. The highest BCUT2D eigenvalue weighted by Crippen LogP contribution is 2.18. The third-order valence-electron chi connectivity index (χ3n) is 3.42. The van der Waals surface area contributed by atoms with Gasteiger partial charge in [-0.1, -0.05) is 33.8 Å². The van der Waals surface area contributed by atoms with Crippen molar-refractivity contribution in [1.82, 2.24) is 9.88 Å². The number of rotatable bonds is 5. The van der Waals surface area contributed by atoms with E-state index in [-0.39, 0.29) is 5.91 Å². The molecule has 2 aromatic rings. The molecule has 0 aliphatic carbocycles. The summed E-state index contributed by atoms with van der Waals surface area (Å²) >= 11 is 0. The zero-order valence-corrected chi connectivity index (χ0v) is 13.8. The predicted molar refractivity (Wildman–Crippen MR) is 91.7 cm³/mol. The highest BCUT2D eigenvalue weighted by molar-refractivity contribution is 5.98. The molecule has 4 nitrogen and oxygen atoms in total. The Hall–Kier alpha value is -2.10. The molecule has 1 amide bonds. The van der Waals surface area contributed by atoms with E-state index in [2.05, 4.69) is 32.7 Å². The topological polar surface area (TPSA) is 59.2 Å². The van der Waals surface area contributed by atoms with E-state index in [1.165, 1.54) is 0 Å². The molecule has 118 valence electrons. The van der Waals surface area contributed by atoms with Crippen LogP contribution in [0.2, 0.25) is 0 Å². The fraction of sp³-hybridized carbons (Fsp3) is 0.444. The maximum absolute atomic E-state index is 12.8. The van der Waals surface area contributed by atoms with Gasteiger partial charge in [-0.25, -0.2) is 4.98 Å². The monoisotopic (exact) mass is 299 g/mol. The Labute approximate surface area is 132 Å². The molecule has 1 aromatic carbocycles. The van der Waals surface area contributed by atoms with E-state index in [1.807, 2.05) is 29.2 Å². The Morgan fingerprint density at radius 2 is 1.68 bits per heavy atom. The number of carbonyl (C=O) groups excluding carboxylic acids is 1. The van der Waals surface area contributed by atoms with Crippen LogP contribution in [0, 0.1) is 11.8 Å². The van der Waals surface area contributed by atoms with Crippen molar-refractivity contribution in [2.45, 2.75) is 27.7 Å². The van der Waals surface area contributed by atoms with Crippen LogP contribution < -0.4 is 5.73 Å². The lowest BCUT2D eigenvalue weighted by Crippen LogP contribution is -2.37. The van der Waals surface area contributed by atoms with Gasteiger partial charge in [0.1, 0.15) is 5.82 Å². The van der Waals surface area contributed by atoms with Gasteiger partial charge in [-0.05, 0) is 36.1 Å². The summed E-state index contributed by atoms with van der Waals surface area (Å²) in [5.41, 5.74) is 7.17. The van der Waals surface area contributed by atoms with Crippen molar-refractivity contribution in [1.29, 1.82) is 0 Å². The van der Waals surface area contributed by atoms with E-state index >= 15 is 0 Å². The average Bonchev–Trinajstić information content (AvgIpc) is 2.44. The van der Waals surface area contributed by atoms with E-state index < -0.39 is 0 Å². The van der Waals surface area contributed by atoms with Gasteiger partial charge in [0.05, 0.1) is 5.52 Å². The molecule has 2 N–H and O–H groups in total. The van der Waals surface area contributed by atoms with Crippen LogP contribution in [0.15, 0.2) is 30.3 Å². The Bertz CT molecular complexity index is 654. The number of fused-ring (bicyclic) bond motifs is 1. The Morgan fingerprint density at radius 3 is 2.27 bits per heavy atom. The largest absolute Gasteiger partial charge is 0.384 e. The standard InChI is InChI=1S/C18H25N3O/c1-12(2)10-21(11-13(3)4)18(22)15-6-5-14-7-8-17(19)20-16(14)9-15/h5-9,12-13H,10-11H2,1-4H3,(H2,19,20). The number of pyridine rings is 1. The minimum atomic E-state index is 0.0634. The van der Waals surface area contributed by atoms with Crippen molar-refractivity contribution in [3.8, 4) is 0 Å². The first-order valence-electron chi connectivity index (χ1n) is 7.82. The second-order valence-corrected chi connectivity index (χ2v) is 6.64. The molecule has 0 radical (unpaired) electrons. The number of carbonyl (C=O) groups is 1. The maximum atomic E-state index is 12.8. The van der Waals surface area contributed by atoms with Gasteiger partial charge in [0.2, 0.25) is 0 Å². The molecule has 0 aliphatic rings. The number of hydrogen-bond acceptors (Lipinski definition) is 3. The highest BCUT2D eigenvalue weighted by Gasteiger charge is 2.18. The summed E-state index contributed by atoms with van der Waals surface area (Å²) in [4.78, 5) is 19.1. The number of hydrogen-bond donors (Lipinski definition) is 1. The Kier molecular flexibility index (Phi) is 5.01. The summed E-state index contributed by atoms with van der Waals surface area (Å²) in [6.07, 6.45) is 0. The summed E-state index contributed by atoms with van der Waals surface area (Å²) in [5, 5.41) is 0.991. The van der Waals surface area contributed by atoms with Crippen LogP contribution in [0.3, 0.4) is 0 Å². The molecule has 4 heteroatoms. The lowest BCUT2D eigenvalue weighted by molar-refractivity contribution is 0.0715. The summed E-state index contributed by atoms with van der Waals surface area (Å²) < 4.78 is 0. The third-order valence-corrected chi connectivity index (χ3v) is 3.42. The zero-order valence-electron chi connectivity index (χ0n) is 13.8. The summed E-state index contributed by atoms with van der Waals surface area (Å²) in [5.74, 6) is 1.42. The van der Waals surface area contributed by atoms with Gasteiger partial charge in [0.25, 0.3) is 5.91 Å². The normalized spacial score (nSPS) is 11.4. The van der Waals surface area contributed by atoms with Crippen molar-refractivity contribution >= 4 is 22.6 Å². The molecule has 2 rings (SSSR count). The van der Waals surface area contributed by atoms with Gasteiger partial charge in [-0.3, -0.25) is 4.79 Å². The van der Waals surface area contributed by atoms with Crippen LogP contribution in [-0.2, 0) is 0 Å². The Balaban J connectivity index is 2.32. The molecule has 0 atom stereocenters. The average molecular weight is 299 g/mol. The first-order chi connectivity index (χ1) is 10.4. The van der Waals surface area contributed by atoms with Crippen LogP contribution in [0.25, 0.3) is 10.9 Å². The van der Waals surface area contributed by atoms with E-state index in [0.29, 0.717) is 23.2 Å². The number of nitrogens with zero attached hydrogens (tertiary/aromatic N) is 2. The Morgan fingerprint density at radius 1 is 1.09 bits per heavy atom. The molecular formula is C18H25N3O. The van der Waals surface area contributed by atoms with Gasteiger partial charge in [0.15, 0.2) is 0 Å². The summed E-state index contributed by atoms with van der Waals surface area (Å²) in [7, 11) is 0. The lowest BCUT2D eigenvalue weighted by Gasteiger charge is -2.26. The number of benzene rings is 1. The van der Waals surface area contributed by atoms with Gasteiger partial charge >= 0.3 is 0 Å². The lowest BCUT2D eigenvalue weighted by atomic mass is 10.1. The first kappa shape index (κ1) is 16.3. The van der Waals surface area contributed by atoms with Gasteiger partial charge in [-0.2, -0.15) is 0 Å². The number of anilines is 1. The molecule has 0 saturated carbocycles. The molecule has 0 fully saturated rings. The second-order valence-electron chi connectivity index (χ2n) is 6.64. The zero-order chi connectivity index (χ0) is 16.3. The maximum Gasteiger partial charge on any atom is 0.253 e. The third kappa shape index (κ3) is 3.97. The highest BCUT2D eigenvalue weighted by atomic mass is 16.2. The van der Waals surface area contributed by atoms with Crippen LogP contribution in [0.4, 0.5) is 5.82 Å². The molecule has 0 unspecified atom stereocenters. The van der Waals surface area contributed by atoms with Gasteiger partial charge in [0, 0.05) is 24.0 Å². The SMILES string of the molecule is CC(C)CN(CC(C)C)C(=O)c1ccc2ccc(N)nc2c1. The molecule has 0 bridgehead atoms. The van der Waals surface area contributed by atoms with Crippen LogP contribution in [-0.4, -0.2) is 28.9 Å². The van der Waals surface area contributed by atoms with Gasteiger partial charge in [-0.15, -0.1) is 0 Å². The quantitative estimate of drug-likeness (QED) is 0.918. The fourth-order valence-electron chi connectivity index (χ4n) is 2.57. The molecule has 0 saturated heterocycles. The first-order valence-corrected chi connectivity index (χ1v) is 7.82. The predicted octanol–water partition coefficient (Wildman–Crippen LogP) is 3.57. The van der Waals surface area contributed by atoms with E-state index in [0.717, 1.165) is 24.0 Å². The van der Waals surface area contributed by atoms with Crippen molar-refractivity contribution in [2.24, 2.45) is 11.8 Å². The summed E-state index contributed by atoms with van der Waals surface area (Å²) in [6, 6.07) is 9.33. The van der Waals surface area contributed by atoms with Crippen molar-refractivity contribution in [2.75, 3.05) is 18.8 Å². The number of nitrogen functional groups attached to an aromatic ring is 1. The fourth-order valence-corrected chi connectivity index (χ4v) is 2.57. The minimum absolute atomic E-state index is 0.0634. The molecule has 1 heterocycles. The molecule has 0 spiro atoms. The molecule has 1 aromatic heterocycles. The molecular weight excluding hydrogens is 274 g/mol. The second kappa shape index (κ2) is 6.77. The van der Waals surface area contributed by atoms with Crippen LogP contribution in [0.1, 0.15) is 38.1 Å². The van der Waals surface area contributed by atoms with E-state index in [1.54, 1.807) is 6.07 Å². The van der Waals surface area contributed by atoms with E-state index in [4.69, 9.17) is 5.73 Å². The summed E-state index contributed by atoms with van der Waals surface area (Å²) in [6.45, 7) is 10.0. The van der Waals surface area contributed by atoms with E-state index in [9.17, 15) is 4.79 Å². The van der Waals surface area contributed by atoms with Gasteiger partial charge < -0.3 is 10.6 Å². The smallest absolute Gasteiger partial charge is 0.253 e. The van der Waals surface area contributed by atoms with Crippen molar-refractivity contribution in [3.63, 3.8) is 0 Å². The number of aromatic nitrogens is 1. The number of amides is 1. The molecule has 22 heavy (non-hydrogen) atoms. The van der Waals surface area contributed by atoms with Crippen molar-refractivity contribution < 1.29 is 4.79 Å². The van der Waals surface area contributed by atoms with Crippen LogP contribution >= 0.6 is 0 Å². The minimum Gasteiger partial charge on any atom is -0.384 e. The van der Waals surface area contributed by atoms with Crippen LogP contribution in [0.5, 0.6) is 0 Å². The van der Waals surface area contributed by atoms with Crippen molar-refractivity contribution in [3.05, 3.63) is 35.9 Å². The molecule has 0 aliphatic heterocycles.